The Bertz CT molecular complexity index is 355. The average molecular weight is 204 g/mol. The first kappa shape index (κ1) is 11.5. The molecule has 0 amide bonds. The maximum absolute atomic E-state index is 9.18. The minimum absolute atomic E-state index is 0.304. The Labute approximate surface area is 90.6 Å². The van der Waals surface area contributed by atoms with Gasteiger partial charge in [-0.1, -0.05) is 12.1 Å². The summed E-state index contributed by atoms with van der Waals surface area (Å²) in [5.74, 6) is 0. The van der Waals surface area contributed by atoms with Crippen LogP contribution in [0.15, 0.2) is 24.3 Å². The van der Waals surface area contributed by atoms with Crippen molar-refractivity contribution in [3.05, 3.63) is 29.8 Å². The number of aliphatic hydroxyl groups is 1. The Kier molecular flexibility index (Phi) is 4.14. The van der Waals surface area contributed by atoms with E-state index in [0.29, 0.717) is 12.0 Å². The molecule has 1 atom stereocenters. The fraction of sp³-hybridized carbons (Fsp3) is 0.417. The van der Waals surface area contributed by atoms with Gasteiger partial charge in [0.25, 0.3) is 0 Å². The Hall–Kier alpha value is -1.53. The summed E-state index contributed by atoms with van der Waals surface area (Å²) < 4.78 is 0. The maximum atomic E-state index is 9.18. The van der Waals surface area contributed by atoms with Crippen LogP contribution in [0.1, 0.15) is 18.9 Å². The molecule has 15 heavy (non-hydrogen) atoms. The predicted octanol–water partition coefficient (Wildman–Crippen LogP) is 1.77. The zero-order valence-electron chi connectivity index (χ0n) is 9.14. The van der Waals surface area contributed by atoms with Crippen molar-refractivity contribution < 1.29 is 5.11 Å². The Morgan fingerprint density at radius 1 is 1.47 bits per heavy atom. The molecule has 0 aliphatic carbocycles. The van der Waals surface area contributed by atoms with E-state index < -0.39 is 0 Å². The van der Waals surface area contributed by atoms with Crippen LogP contribution in [0.5, 0.6) is 0 Å². The van der Waals surface area contributed by atoms with Crippen molar-refractivity contribution in [1.82, 2.24) is 0 Å². The third-order valence-corrected chi connectivity index (χ3v) is 2.32. The number of hydrogen-bond donors (Lipinski definition) is 1. The molecule has 0 spiro atoms. The van der Waals surface area contributed by atoms with E-state index in [1.54, 1.807) is 13.0 Å². The van der Waals surface area contributed by atoms with Crippen LogP contribution in [0.25, 0.3) is 0 Å². The van der Waals surface area contributed by atoms with E-state index in [4.69, 9.17) is 5.26 Å². The van der Waals surface area contributed by atoms with Crippen LogP contribution in [-0.2, 0) is 0 Å². The topological polar surface area (TPSA) is 47.3 Å². The third kappa shape index (κ3) is 3.26. The van der Waals surface area contributed by atoms with Crippen LogP contribution >= 0.6 is 0 Å². The van der Waals surface area contributed by atoms with Gasteiger partial charge in [0.2, 0.25) is 0 Å². The van der Waals surface area contributed by atoms with Crippen LogP contribution in [0, 0.1) is 11.3 Å². The molecule has 0 saturated heterocycles. The molecule has 0 fully saturated rings. The molecular weight excluding hydrogens is 188 g/mol. The largest absolute Gasteiger partial charge is 0.393 e. The molecule has 1 unspecified atom stereocenters. The first-order valence-electron chi connectivity index (χ1n) is 5.03. The lowest BCUT2D eigenvalue weighted by atomic mass is 10.1. The fourth-order valence-corrected chi connectivity index (χ4v) is 1.40. The van der Waals surface area contributed by atoms with Gasteiger partial charge in [-0.3, -0.25) is 0 Å². The summed E-state index contributed by atoms with van der Waals surface area (Å²) in [6.45, 7) is 2.51. The lowest BCUT2D eigenvalue weighted by Crippen LogP contribution is -2.22. The van der Waals surface area contributed by atoms with Gasteiger partial charge in [-0.25, -0.2) is 0 Å². The second kappa shape index (κ2) is 5.38. The van der Waals surface area contributed by atoms with Gasteiger partial charge >= 0.3 is 0 Å². The third-order valence-electron chi connectivity index (χ3n) is 2.32. The van der Waals surface area contributed by atoms with Gasteiger partial charge in [-0.05, 0) is 25.5 Å². The van der Waals surface area contributed by atoms with E-state index >= 15 is 0 Å². The van der Waals surface area contributed by atoms with E-state index in [2.05, 4.69) is 6.07 Å². The van der Waals surface area contributed by atoms with Crippen molar-refractivity contribution in [2.24, 2.45) is 0 Å². The number of rotatable bonds is 4. The van der Waals surface area contributed by atoms with Crippen LogP contribution in [0.2, 0.25) is 0 Å². The number of nitriles is 1. The van der Waals surface area contributed by atoms with Gasteiger partial charge in [0.05, 0.1) is 17.4 Å². The SMILES string of the molecule is CC(O)CCN(C)c1ccccc1C#N. The van der Waals surface area contributed by atoms with Gasteiger partial charge in [-0.15, -0.1) is 0 Å². The van der Waals surface area contributed by atoms with Crippen LogP contribution in [0.4, 0.5) is 5.69 Å². The summed E-state index contributed by atoms with van der Waals surface area (Å²) in [4.78, 5) is 1.99. The fourth-order valence-electron chi connectivity index (χ4n) is 1.40. The summed E-state index contributed by atoms with van der Waals surface area (Å²) in [5, 5.41) is 18.1. The second-order valence-electron chi connectivity index (χ2n) is 3.69. The van der Waals surface area contributed by atoms with Crippen molar-refractivity contribution in [2.45, 2.75) is 19.4 Å². The Morgan fingerprint density at radius 2 is 2.13 bits per heavy atom. The van der Waals surface area contributed by atoms with E-state index in [0.717, 1.165) is 12.2 Å². The molecule has 1 rings (SSSR count). The number of benzene rings is 1. The lowest BCUT2D eigenvalue weighted by molar-refractivity contribution is 0.187. The molecule has 0 radical (unpaired) electrons. The van der Waals surface area contributed by atoms with Crippen LogP contribution < -0.4 is 4.90 Å². The second-order valence-corrected chi connectivity index (χ2v) is 3.69. The summed E-state index contributed by atoms with van der Waals surface area (Å²) in [6.07, 6.45) is 0.401. The molecule has 3 heteroatoms. The molecular formula is C12H16N2O. The van der Waals surface area contributed by atoms with Gasteiger partial charge in [-0.2, -0.15) is 5.26 Å². The minimum Gasteiger partial charge on any atom is -0.393 e. The predicted molar refractivity (Wildman–Crippen MR) is 60.7 cm³/mol. The molecule has 1 N–H and O–H groups in total. The highest BCUT2D eigenvalue weighted by Gasteiger charge is 2.06. The Morgan fingerprint density at radius 3 is 2.73 bits per heavy atom. The number of nitrogens with zero attached hydrogens (tertiary/aromatic N) is 2. The summed E-state index contributed by atoms with van der Waals surface area (Å²) in [5.41, 5.74) is 1.59. The van der Waals surface area contributed by atoms with E-state index in [9.17, 15) is 5.11 Å². The molecule has 0 aliphatic rings. The highest BCUT2D eigenvalue weighted by molar-refractivity contribution is 5.58. The summed E-state index contributed by atoms with van der Waals surface area (Å²) in [6, 6.07) is 9.64. The molecule has 0 aliphatic heterocycles. The van der Waals surface area contributed by atoms with E-state index in [1.807, 2.05) is 30.1 Å². The normalized spacial score (nSPS) is 11.9. The molecule has 0 saturated carbocycles. The smallest absolute Gasteiger partial charge is 0.101 e. The zero-order chi connectivity index (χ0) is 11.3. The Balaban J connectivity index is 2.73. The van der Waals surface area contributed by atoms with Gasteiger partial charge in [0.15, 0.2) is 0 Å². The summed E-state index contributed by atoms with van der Waals surface area (Å²) in [7, 11) is 1.93. The number of para-hydroxylation sites is 1. The van der Waals surface area contributed by atoms with E-state index in [1.165, 1.54) is 0 Å². The van der Waals surface area contributed by atoms with E-state index in [-0.39, 0.29) is 6.10 Å². The van der Waals surface area contributed by atoms with Crippen LogP contribution in [0.3, 0.4) is 0 Å². The van der Waals surface area contributed by atoms with Crippen molar-refractivity contribution >= 4 is 5.69 Å². The first-order valence-corrected chi connectivity index (χ1v) is 5.03. The van der Waals surface area contributed by atoms with Crippen molar-refractivity contribution in [3.63, 3.8) is 0 Å². The quantitative estimate of drug-likeness (QED) is 0.813. The van der Waals surface area contributed by atoms with Crippen molar-refractivity contribution in [3.8, 4) is 6.07 Å². The minimum atomic E-state index is -0.304. The zero-order valence-corrected chi connectivity index (χ0v) is 9.14. The van der Waals surface area contributed by atoms with Gasteiger partial charge in [0.1, 0.15) is 6.07 Å². The lowest BCUT2D eigenvalue weighted by Gasteiger charge is -2.20. The number of hydrogen-bond acceptors (Lipinski definition) is 3. The highest BCUT2D eigenvalue weighted by Crippen LogP contribution is 2.18. The standard InChI is InChI=1S/C12H16N2O/c1-10(15)7-8-14(2)12-6-4-3-5-11(12)9-13/h3-6,10,15H,7-8H2,1-2H3. The molecule has 3 nitrogen and oxygen atoms in total. The first-order chi connectivity index (χ1) is 7.15. The molecule has 0 aromatic heterocycles. The average Bonchev–Trinajstić information content (AvgIpc) is 2.25. The molecule has 80 valence electrons. The highest BCUT2D eigenvalue weighted by atomic mass is 16.3. The van der Waals surface area contributed by atoms with Crippen molar-refractivity contribution in [2.75, 3.05) is 18.5 Å². The van der Waals surface area contributed by atoms with Gasteiger partial charge in [0, 0.05) is 13.6 Å². The summed E-state index contributed by atoms with van der Waals surface area (Å²) >= 11 is 0. The maximum Gasteiger partial charge on any atom is 0.101 e. The molecule has 0 heterocycles. The number of aliphatic hydroxyl groups excluding tert-OH is 1. The van der Waals surface area contributed by atoms with Gasteiger partial charge < -0.3 is 10.0 Å². The molecule has 1 aromatic rings. The molecule has 0 bridgehead atoms. The number of anilines is 1. The molecule has 1 aromatic carbocycles. The monoisotopic (exact) mass is 204 g/mol. The van der Waals surface area contributed by atoms with Crippen LogP contribution in [-0.4, -0.2) is 24.8 Å². The van der Waals surface area contributed by atoms with Crippen molar-refractivity contribution in [1.29, 1.82) is 5.26 Å².